The van der Waals surface area contributed by atoms with Gasteiger partial charge in [-0.15, -0.1) is 0 Å². The van der Waals surface area contributed by atoms with Crippen LogP contribution in [0.5, 0.6) is 0 Å². The molecule has 0 bridgehead atoms. The number of carboxylic acid groups (broad SMARTS) is 1. The predicted octanol–water partition coefficient (Wildman–Crippen LogP) is 5.03. The van der Waals surface area contributed by atoms with Crippen LogP contribution in [0.4, 0.5) is 18.9 Å². The van der Waals surface area contributed by atoms with Crippen LogP contribution in [0.25, 0.3) is 11.3 Å². The SMILES string of the molecule is O=C(O)c1ccc(Br)c(S(=O)(=O)Nc2cc(C(F)(F)F)ccc2-c2ccccn2)c1. The Bertz CT molecular complexity index is 1220. The molecule has 0 saturated carbocycles. The number of hydrogen-bond donors (Lipinski definition) is 2. The van der Waals surface area contributed by atoms with Gasteiger partial charge in [-0.25, -0.2) is 13.2 Å². The largest absolute Gasteiger partial charge is 0.478 e. The van der Waals surface area contributed by atoms with Gasteiger partial charge in [-0.3, -0.25) is 9.71 Å². The molecule has 0 radical (unpaired) electrons. The van der Waals surface area contributed by atoms with Gasteiger partial charge >= 0.3 is 12.1 Å². The number of pyridine rings is 1. The van der Waals surface area contributed by atoms with Crippen LogP contribution in [-0.4, -0.2) is 24.5 Å². The van der Waals surface area contributed by atoms with Crippen molar-refractivity contribution < 1.29 is 31.5 Å². The van der Waals surface area contributed by atoms with E-state index in [1.54, 1.807) is 12.1 Å². The molecule has 0 aliphatic carbocycles. The van der Waals surface area contributed by atoms with Crippen LogP contribution in [0.1, 0.15) is 15.9 Å². The Morgan fingerprint density at radius 3 is 2.40 bits per heavy atom. The van der Waals surface area contributed by atoms with Crippen molar-refractivity contribution >= 4 is 37.6 Å². The highest BCUT2D eigenvalue weighted by Crippen LogP contribution is 2.36. The molecule has 11 heteroatoms. The van der Waals surface area contributed by atoms with Gasteiger partial charge < -0.3 is 5.11 Å². The first-order chi connectivity index (χ1) is 14.0. The van der Waals surface area contributed by atoms with E-state index in [1.165, 1.54) is 24.4 Å². The summed E-state index contributed by atoms with van der Waals surface area (Å²) < 4.78 is 67.6. The molecule has 6 nitrogen and oxygen atoms in total. The highest BCUT2D eigenvalue weighted by atomic mass is 79.9. The van der Waals surface area contributed by atoms with Gasteiger partial charge in [0.25, 0.3) is 10.0 Å². The van der Waals surface area contributed by atoms with Crippen molar-refractivity contribution in [2.45, 2.75) is 11.1 Å². The Balaban J connectivity index is 2.15. The minimum absolute atomic E-state index is 0.0476. The summed E-state index contributed by atoms with van der Waals surface area (Å²) in [6, 6.07) is 10.6. The van der Waals surface area contributed by atoms with Crippen molar-refractivity contribution in [2.24, 2.45) is 0 Å². The van der Waals surface area contributed by atoms with E-state index in [-0.39, 0.29) is 27.0 Å². The van der Waals surface area contributed by atoms with E-state index in [4.69, 9.17) is 5.11 Å². The number of halogens is 4. The molecule has 1 heterocycles. The minimum atomic E-state index is -4.70. The number of anilines is 1. The second-order valence-corrected chi connectivity index (χ2v) is 8.53. The topological polar surface area (TPSA) is 96.4 Å². The van der Waals surface area contributed by atoms with Crippen molar-refractivity contribution in [1.29, 1.82) is 0 Å². The number of carbonyl (C=O) groups is 1. The number of nitrogens with zero attached hydrogens (tertiary/aromatic N) is 1. The second kappa shape index (κ2) is 8.07. The Morgan fingerprint density at radius 2 is 1.80 bits per heavy atom. The van der Waals surface area contributed by atoms with E-state index in [0.29, 0.717) is 6.07 Å². The molecule has 2 N–H and O–H groups in total. The molecule has 0 fully saturated rings. The normalized spacial score (nSPS) is 11.9. The average Bonchev–Trinajstić information content (AvgIpc) is 2.67. The zero-order valence-corrected chi connectivity index (χ0v) is 17.2. The fourth-order valence-electron chi connectivity index (χ4n) is 2.59. The fourth-order valence-corrected chi connectivity index (χ4v) is 4.65. The van der Waals surface area contributed by atoms with E-state index >= 15 is 0 Å². The van der Waals surface area contributed by atoms with Gasteiger partial charge in [0.1, 0.15) is 4.90 Å². The van der Waals surface area contributed by atoms with Crippen molar-refractivity contribution in [1.82, 2.24) is 4.98 Å². The Kier molecular flexibility index (Phi) is 5.86. The van der Waals surface area contributed by atoms with Crippen LogP contribution in [0.2, 0.25) is 0 Å². The highest BCUT2D eigenvalue weighted by molar-refractivity contribution is 9.10. The number of aromatic nitrogens is 1. The molecule has 30 heavy (non-hydrogen) atoms. The van der Waals surface area contributed by atoms with Crippen molar-refractivity contribution in [3.8, 4) is 11.3 Å². The molecule has 0 unspecified atom stereocenters. The summed E-state index contributed by atoms with van der Waals surface area (Å²) >= 11 is 3.03. The number of rotatable bonds is 5. The maximum absolute atomic E-state index is 13.2. The quantitative estimate of drug-likeness (QED) is 0.512. The number of aromatic carboxylic acids is 1. The molecule has 156 valence electrons. The zero-order valence-electron chi connectivity index (χ0n) is 14.8. The first kappa shape index (κ1) is 21.8. The van der Waals surface area contributed by atoms with Crippen LogP contribution >= 0.6 is 15.9 Å². The third-order valence-electron chi connectivity index (χ3n) is 4.00. The van der Waals surface area contributed by atoms with Gasteiger partial charge in [0.15, 0.2) is 0 Å². The molecule has 1 aromatic heterocycles. The Morgan fingerprint density at radius 1 is 1.07 bits per heavy atom. The molecule has 0 spiro atoms. The van der Waals surface area contributed by atoms with Crippen LogP contribution in [-0.2, 0) is 16.2 Å². The summed E-state index contributed by atoms with van der Waals surface area (Å²) in [7, 11) is -4.45. The lowest BCUT2D eigenvalue weighted by molar-refractivity contribution is -0.137. The van der Waals surface area contributed by atoms with Crippen molar-refractivity contribution in [2.75, 3.05) is 4.72 Å². The van der Waals surface area contributed by atoms with Gasteiger partial charge in [-0.2, -0.15) is 13.2 Å². The number of carboxylic acids is 1. The van der Waals surface area contributed by atoms with E-state index in [2.05, 4.69) is 25.6 Å². The van der Waals surface area contributed by atoms with E-state index in [0.717, 1.165) is 18.2 Å². The molecule has 2 aromatic carbocycles. The molecular weight excluding hydrogens is 489 g/mol. The second-order valence-electron chi connectivity index (χ2n) is 6.03. The average molecular weight is 501 g/mol. The molecular formula is C19H12BrF3N2O4S. The van der Waals surface area contributed by atoms with Crippen molar-refractivity contribution in [3.63, 3.8) is 0 Å². The lowest BCUT2D eigenvalue weighted by Crippen LogP contribution is -2.16. The summed E-state index contributed by atoms with van der Waals surface area (Å²) in [5, 5.41) is 9.11. The Hall–Kier alpha value is -2.92. The summed E-state index contributed by atoms with van der Waals surface area (Å²) in [4.78, 5) is 14.8. The first-order valence-corrected chi connectivity index (χ1v) is 10.4. The minimum Gasteiger partial charge on any atom is -0.478 e. The number of benzene rings is 2. The molecule has 0 aliphatic heterocycles. The maximum atomic E-state index is 13.2. The highest BCUT2D eigenvalue weighted by Gasteiger charge is 2.32. The van der Waals surface area contributed by atoms with Crippen LogP contribution in [0.3, 0.4) is 0 Å². The summed E-state index contributed by atoms with van der Waals surface area (Å²) in [5.74, 6) is -1.35. The first-order valence-electron chi connectivity index (χ1n) is 8.17. The predicted molar refractivity (Wildman–Crippen MR) is 107 cm³/mol. The van der Waals surface area contributed by atoms with Gasteiger partial charge in [0.05, 0.1) is 22.5 Å². The van der Waals surface area contributed by atoms with Crippen molar-refractivity contribution in [3.05, 3.63) is 76.4 Å². The number of hydrogen-bond acceptors (Lipinski definition) is 4. The maximum Gasteiger partial charge on any atom is 0.416 e. The van der Waals surface area contributed by atoms with Crippen LogP contribution in [0.15, 0.2) is 70.2 Å². The third kappa shape index (κ3) is 4.62. The van der Waals surface area contributed by atoms with E-state index < -0.39 is 32.6 Å². The van der Waals surface area contributed by atoms with Gasteiger partial charge in [0.2, 0.25) is 0 Å². The molecule has 0 saturated heterocycles. The molecule has 0 atom stereocenters. The van der Waals surface area contributed by atoms with Gasteiger partial charge in [-0.05, 0) is 58.4 Å². The molecule has 3 rings (SSSR count). The van der Waals surface area contributed by atoms with E-state index in [9.17, 15) is 26.4 Å². The summed E-state index contributed by atoms with van der Waals surface area (Å²) in [6.45, 7) is 0. The molecule has 0 aliphatic rings. The summed E-state index contributed by atoms with van der Waals surface area (Å²) in [5.41, 5.74) is -1.33. The monoisotopic (exact) mass is 500 g/mol. The molecule has 3 aromatic rings. The zero-order chi connectivity index (χ0) is 22.1. The number of sulfonamides is 1. The Labute approximate surface area is 177 Å². The van der Waals surface area contributed by atoms with Gasteiger partial charge in [-0.1, -0.05) is 12.1 Å². The van der Waals surface area contributed by atoms with Crippen LogP contribution in [0, 0.1) is 0 Å². The lowest BCUT2D eigenvalue weighted by Gasteiger charge is -2.16. The molecule has 0 amide bonds. The number of nitrogens with one attached hydrogen (secondary N) is 1. The smallest absolute Gasteiger partial charge is 0.416 e. The van der Waals surface area contributed by atoms with Crippen LogP contribution < -0.4 is 4.72 Å². The number of alkyl halides is 3. The standard InChI is InChI=1S/C19H12BrF3N2O4S/c20-14-7-4-11(18(26)27)9-17(14)30(28,29)25-16-10-12(19(21,22)23)5-6-13(16)15-3-1-2-8-24-15/h1-10,25H,(H,26,27). The summed E-state index contributed by atoms with van der Waals surface area (Å²) in [6.07, 6.45) is -3.29. The lowest BCUT2D eigenvalue weighted by atomic mass is 10.1. The van der Waals surface area contributed by atoms with E-state index in [1.807, 2.05) is 0 Å². The third-order valence-corrected chi connectivity index (χ3v) is 6.36. The van der Waals surface area contributed by atoms with Gasteiger partial charge in [0, 0.05) is 16.2 Å². The fraction of sp³-hybridized carbons (Fsp3) is 0.0526.